The third-order valence-electron chi connectivity index (χ3n) is 1.73. The van der Waals surface area contributed by atoms with Gasteiger partial charge in [-0.1, -0.05) is 23.8 Å². The molecule has 0 fully saturated rings. The second kappa shape index (κ2) is 3.96. The third kappa shape index (κ3) is 3.03. The Bertz CT molecular complexity index is 204. The van der Waals surface area contributed by atoms with Crippen molar-refractivity contribution in [1.82, 2.24) is 0 Å². The number of nitrogens with two attached hydrogens (primary N) is 1. The number of carbonyl (C=O) groups excluding carboxylic acids is 1. The molecule has 0 unspecified atom stereocenters. The third-order valence-corrected chi connectivity index (χ3v) is 1.73. The molecule has 0 atom stereocenters. The maximum Gasteiger partial charge on any atom is 0.217 e. The monoisotopic (exact) mass is 151 g/mol. The minimum absolute atomic E-state index is 0.218. The maximum atomic E-state index is 10.4. The first kappa shape index (κ1) is 8.05. The number of amides is 1. The van der Waals surface area contributed by atoms with E-state index in [0.717, 1.165) is 19.3 Å². The van der Waals surface area contributed by atoms with Gasteiger partial charge in [0.15, 0.2) is 0 Å². The largest absolute Gasteiger partial charge is 0.370 e. The summed E-state index contributed by atoms with van der Waals surface area (Å²) in [5.41, 5.74) is 6.26. The second-order valence-corrected chi connectivity index (χ2v) is 2.73. The van der Waals surface area contributed by atoms with E-state index in [2.05, 4.69) is 18.2 Å². The van der Waals surface area contributed by atoms with Crippen molar-refractivity contribution < 1.29 is 4.79 Å². The number of primary amides is 1. The van der Waals surface area contributed by atoms with E-state index in [1.165, 1.54) is 5.57 Å². The van der Waals surface area contributed by atoms with Crippen LogP contribution in [0, 0.1) is 0 Å². The number of allylic oxidation sites excluding steroid dienone is 4. The van der Waals surface area contributed by atoms with Gasteiger partial charge in [0, 0.05) is 6.42 Å². The van der Waals surface area contributed by atoms with Crippen LogP contribution in [0.15, 0.2) is 23.8 Å². The van der Waals surface area contributed by atoms with E-state index in [4.69, 9.17) is 5.73 Å². The Balaban J connectivity index is 2.31. The minimum atomic E-state index is -0.218. The molecule has 2 nitrogen and oxygen atoms in total. The number of carbonyl (C=O) groups is 1. The summed E-state index contributed by atoms with van der Waals surface area (Å²) >= 11 is 0. The molecule has 0 aromatic rings. The predicted octanol–water partition coefficient (Wildman–Crippen LogP) is 1.53. The Labute approximate surface area is 66.8 Å². The molecule has 2 N–H and O–H groups in total. The lowest BCUT2D eigenvalue weighted by atomic mass is 10.0. The molecule has 0 radical (unpaired) electrons. The van der Waals surface area contributed by atoms with E-state index in [1.807, 2.05) is 0 Å². The van der Waals surface area contributed by atoms with E-state index in [0.29, 0.717) is 6.42 Å². The molecule has 1 amide bonds. The van der Waals surface area contributed by atoms with Gasteiger partial charge in [-0.25, -0.2) is 0 Å². The average molecular weight is 151 g/mol. The van der Waals surface area contributed by atoms with Crippen LogP contribution in [0.3, 0.4) is 0 Å². The highest BCUT2D eigenvalue weighted by Crippen LogP contribution is 2.13. The molecule has 0 bridgehead atoms. The highest BCUT2D eigenvalue weighted by atomic mass is 16.1. The zero-order valence-electron chi connectivity index (χ0n) is 6.55. The van der Waals surface area contributed by atoms with Gasteiger partial charge in [0.05, 0.1) is 0 Å². The van der Waals surface area contributed by atoms with Crippen molar-refractivity contribution >= 4 is 5.91 Å². The lowest BCUT2D eigenvalue weighted by Crippen LogP contribution is -2.10. The molecule has 0 aliphatic heterocycles. The molecule has 0 saturated carbocycles. The maximum absolute atomic E-state index is 10.4. The van der Waals surface area contributed by atoms with Gasteiger partial charge < -0.3 is 5.73 Å². The highest BCUT2D eigenvalue weighted by molar-refractivity contribution is 5.74. The van der Waals surface area contributed by atoms with Gasteiger partial charge in [0.1, 0.15) is 0 Å². The molecule has 1 aliphatic rings. The summed E-state index contributed by atoms with van der Waals surface area (Å²) in [5.74, 6) is -0.218. The van der Waals surface area contributed by atoms with Crippen molar-refractivity contribution in [2.45, 2.75) is 25.7 Å². The molecule has 0 saturated heterocycles. The first-order valence-electron chi connectivity index (χ1n) is 3.93. The molecular weight excluding hydrogens is 138 g/mol. The fourth-order valence-corrected chi connectivity index (χ4v) is 1.12. The topological polar surface area (TPSA) is 43.1 Å². The van der Waals surface area contributed by atoms with Gasteiger partial charge >= 0.3 is 0 Å². The summed E-state index contributed by atoms with van der Waals surface area (Å²) < 4.78 is 0. The lowest BCUT2D eigenvalue weighted by Gasteiger charge is -2.04. The SMILES string of the molecule is NC(=O)CCC1=CCCC=C1. The van der Waals surface area contributed by atoms with Crippen LogP contribution in [-0.2, 0) is 4.79 Å². The van der Waals surface area contributed by atoms with E-state index >= 15 is 0 Å². The van der Waals surface area contributed by atoms with Crippen molar-refractivity contribution in [3.8, 4) is 0 Å². The van der Waals surface area contributed by atoms with Crippen LogP contribution in [-0.4, -0.2) is 5.91 Å². The van der Waals surface area contributed by atoms with E-state index in [-0.39, 0.29) is 5.91 Å². The standard InChI is InChI=1S/C9H13NO/c10-9(11)7-6-8-4-2-1-3-5-8/h2,4-5H,1,3,6-7H2,(H2,10,11). The van der Waals surface area contributed by atoms with Gasteiger partial charge in [-0.05, 0) is 19.3 Å². The molecular formula is C9H13NO. The van der Waals surface area contributed by atoms with E-state index in [1.54, 1.807) is 0 Å². The average Bonchev–Trinajstić information content (AvgIpc) is 2.03. The van der Waals surface area contributed by atoms with Crippen molar-refractivity contribution in [3.05, 3.63) is 23.8 Å². The molecule has 60 valence electrons. The quantitative estimate of drug-likeness (QED) is 0.653. The number of hydrogen-bond donors (Lipinski definition) is 1. The zero-order chi connectivity index (χ0) is 8.10. The van der Waals surface area contributed by atoms with E-state index in [9.17, 15) is 4.79 Å². The van der Waals surface area contributed by atoms with Gasteiger partial charge in [0.25, 0.3) is 0 Å². The van der Waals surface area contributed by atoms with Gasteiger partial charge in [-0.3, -0.25) is 4.79 Å². The van der Waals surface area contributed by atoms with Crippen LogP contribution in [0.2, 0.25) is 0 Å². The van der Waals surface area contributed by atoms with Crippen LogP contribution < -0.4 is 5.73 Å². The number of rotatable bonds is 3. The smallest absolute Gasteiger partial charge is 0.217 e. The van der Waals surface area contributed by atoms with Crippen LogP contribution in [0.25, 0.3) is 0 Å². The molecule has 0 spiro atoms. The van der Waals surface area contributed by atoms with Crippen LogP contribution in [0.4, 0.5) is 0 Å². The van der Waals surface area contributed by atoms with Crippen LogP contribution >= 0.6 is 0 Å². The highest BCUT2D eigenvalue weighted by Gasteiger charge is 1.99. The first-order valence-corrected chi connectivity index (χ1v) is 3.93. The Morgan fingerprint density at radius 2 is 2.36 bits per heavy atom. The summed E-state index contributed by atoms with van der Waals surface area (Å²) in [6.45, 7) is 0. The summed E-state index contributed by atoms with van der Waals surface area (Å²) in [4.78, 5) is 10.4. The van der Waals surface area contributed by atoms with E-state index < -0.39 is 0 Å². The zero-order valence-corrected chi connectivity index (χ0v) is 6.55. The molecule has 11 heavy (non-hydrogen) atoms. The second-order valence-electron chi connectivity index (χ2n) is 2.73. The van der Waals surface area contributed by atoms with Gasteiger partial charge in [0.2, 0.25) is 5.91 Å². The lowest BCUT2D eigenvalue weighted by molar-refractivity contribution is -0.117. The van der Waals surface area contributed by atoms with Crippen LogP contribution in [0.1, 0.15) is 25.7 Å². The van der Waals surface area contributed by atoms with Crippen molar-refractivity contribution in [2.75, 3.05) is 0 Å². The van der Waals surface area contributed by atoms with Gasteiger partial charge in [-0.15, -0.1) is 0 Å². The van der Waals surface area contributed by atoms with Gasteiger partial charge in [-0.2, -0.15) is 0 Å². The first-order chi connectivity index (χ1) is 5.29. The van der Waals surface area contributed by atoms with Crippen molar-refractivity contribution in [2.24, 2.45) is 5.73 Å². The summed E-state index contributed by atoms with van der Waals surface area (Å²) in [7, 11) is 0. The Morgan fingerprint density at radius 1 is 1.55 bits per heavy atom. The summed E-state index contributed by atoms with van der Waals surface area (Å²) in [6.07, 6.45) is 9.87. The van der Waals surface area contributed by atoms with Crippen LogP contribution in [0.5, 0.6) is 0 Å². The Kier molecular flexibility index (Phi) is 2.90. The molecule has 0 aromatic carbocycles. The Morgan fingerprint density at radius 3 is 2.91 bits per heavy atom. The fraction of sp³-hybridized carbons (Fsp3) is 0.444. The summed E-state index contributed by atoms with van der Waals surface area (Å²) in [5, 5.41) is 0. The molecule has 1 aliphatic carbocycles. The predicted molar refractivity (Wildman–Crippen MR) is 44.9 cm³/mol. The minimum Gasteiger partial charge on any atom is -0.370 e. The normalized spacial score (nSPS) is 16.2. The number of hydrogen-bond acceptors (Lipinski definition) is 1. The summed E-state index contributed by atoms with van der Waals surface area (Å²) in [6, 6.07) is 0. The van der Waals surface area contributed by atoms with Crippen molar-refractivity contribution in [1.29, 1.82) is 0 Å². The Hall–Kier alpha value is -1.05. The molecule has 0 heterocycles. The fourth-order valence-electron chi connectivity index (χ4n) is 1.12. The molecule has 0 aromatic heterocycles. The van der Waals surface area contributed by atoms with Crippen molar-refractivity contribution in [3.63, 3.8) is 0 Å². The molecule has 2 heteroatoms. The molecule has 1 rings (SSSR count).